The number of H-pyrrole nitrogens is 2. The smallest absolute Gasteiger partial charge is 0.332 e. The van der Waals surface area contributed by atoms with Crippen LogP contribution in [0.25, 0.3) is 28.4 Å². The van der Waals surface area contributed by atoms with Crippen LogP contribution in [-0.4, -0.2) is 43.2 Å². The number of carbonyl (C=O) groups is 1. The number of amides is 1. The fourth-order valence-electron chi connectivity index (χ4n) is 2.68. The first kappa shape index (κ1) is 15.6. The predicted octanol–water partition coefficient (Wildman–Crippen LogP) is 1.08. The van der Waals surface area contributed by atoms with Gasteiger partial charge in [-0.05, 0) is 18.2 Å². The number of methoxy groups -OCH3 is 1. The third kappa shape index (κ3) is 2.40. The Labute approximate surface area is 145 Å². The number of nitrogens with zero attached hydrogens (tertiary/aromatic N) is 4. The van der Waals surface area contributed by atoms with E-state index in [2.05, 4.69) is 30.5 Å². The molecule has 0 atom stereocenters. The van der Waals surface area contributed by atoms with E-state index in [-0.39, 0.29) is 11.6 Å². The maximum absolute atomic E-state index is 12.6. The fourth-order valence-corrected chi connectivity index (χ4v) is 2.68. The van der Waals surface area contributed by atoms with Crippen molar-refractivity contribution < 1.29 is 9.53 Å². The van der Waals surface area contributed by atoms with Gasteiger partial charge in [0.15, 0.2) is 17.3 Å². The largest absolute Gasteiger partial charge is 0.495 e. The van der Waals surface area contributed by atoms with Crippen molar-refractivity contribution in [1.82, 2.24) is 29.7 Å². The molecule has 3 aromatic heterocycles. The van der Waals surface area contributed by atoms with Crippen molar-refractivity contribution in [2.75, 3.05) is 12.4 Å². The molecule has 3 N–H and O–H groups in total. The number of benzene rings is 1. The lowest BCUT2D eigenvalue weighted by molar-refractivity contribution is -0.105. The number of hydrogen-bond acceptors (Lipinski definition) is 6. The monoisotopic (exact) mass is 351 g/mol. The second kappa shape index (κ2) is 6.16. The van der Waals surface area contributed by atoms with E-state index < -0.39 is 5.69 Å². The number of hydrogen-bond donors (Lipinski definition) is 3. The first-order valence-electron chi connectivity index (χ1n) is 7.59. The van der Waals surface area contributed by atoms with Gasteiger partial charge in [0.1, 0.15) is 17.0 Å². The van der Waals surface area contributed by atoms with Crippen LogP contribution in [0.1, 0.15) is 0 Å². The Morgan fingerprint density at radius 3 is 2.81 bits per heavy atom. The molecule has 0 spiro atoms. The molecule has 0 saturated heterocycles. The molecule has 10 nitrogen and oxygen atoms in total. The number of aromatic amines is 2. The number of nitrogens with one attached hydrogen (secondary N) is 3. The summed E-state index contributed by atoms with van der Waals surface area (Å²) in [6, 6.07) is 8.74. The van der Waals surface area contributed by atoms with Gasteiger partial charge < -0.3 is 15.0 Å². The summed E-state index contributed by atoms with van der Waals surface area (Å²) in [7, 11) is 1.52. The molecule has 10 heteroatoms. The number of aromatic nitrogens is 6. The Hall–Kier alpha value is -3.95. The number of ether oxygens (including phenoxy) is 1. The van der Waals surface area contributed by atoms with Crippen molar-refractivity contribution in [2.24, 2.45) is 0 Å². The van der Waals surface area contributed by atoms with Crippen LogP contribution in [0.4, 0.5) is 5.82 Å². The minimum Gasteiger partial charge on any atom is -0.495 e. The molecule has 4 aromatic rings. The van der Waals surface area contributed by atoms with Crippen LogP contribution in [0.3, 0.4) is 0 Å². The quantitative estimate of drug-likeness (QED) is 0.461. The summed E-state index contributed by atoms with van der Waals surface area (Å²) < 4.78 is 6.72. The fraction of sp³-hybridized carbons (Fsp3) is 0.0625. The number of para-hydroxylation sites is 2. The van der Waals surface area contributed by atoms with Crippen molar-refractivity contribution >= 4 is 23.4 Å². The van der Waals surface area contributed by atoms with E-state index in [4.69, 9.17) is 4.74 Å². The van der Waals surface area contributed by atoms with Crippen molar-refractivity contribution in [2.45, 2.75) is 0 Å². The number of fused-ring (bicyclic) bond motifs is 1. The van der Waals surface area contributed by atoms with Crippen molar-refractivity contribution in [3.8, 4) is 23.0 Å². The van der Waals surface area contributed by atoms with E-state index in [0.717, 1.165) is 0 Å². The summed E-state index contributed by atoms with van der Waals surface area (Å²) in [6.07, 6.45) is 2.04. The predicted molar refractivity (Wildman–Crippen MR) is 93.3 cm³/mol. The zero-order valence-electron chi connectivity index (χ0n) is 13.6. The van der Waals surface area contributed by atoms with Crippen LogP contribution >= 0.6 is 0 Å². The molecular formula is C16H13N7O3. The highest BCUT2D eigenvalue weighted by Crippen LogP contribution is 2.27. The van der Waals surface area contributed by atoms with Crippen LogP contribution in [-0.2, 0) is 4.79 Å². The Morgan fingerprint density at radius 2 is 2.08 bits per heavy atom. The topological polar surface area (TPSA) is 131 Å². The number of rotatable bonds is 5. The molecule has 4 rings (SSSR count). The van der Waals surface area contributed by atoms with E-state index >= 15 is 0 Å². The van der Waals surface area contributed by atoms with Gasteiger partial charge in [-0.2, -0.15) is 5.10 Å². The maximum Gasteiger partial charge on any atom is 0.332 e. The third-order valence-electron chi connectivity index (χ3n) is 3.80. The molecule has 0 aliphatic heterocycles. The van der Waals surface area contributed by atoms with Gasteiger partial charge in [-0.3, -0.25) is 9.89 Å². The van der Waals surface area contributed by atoms with Crippen LogP contribution in [0.5, 0.6) is 5.75 Å². The summed E-state index contributed by atoms with van der Waals surface area (Å²) in [5.41, 5.74) is 1.22. The van der Waals surface area contributed by atoms with E-state index in [1.54, 1.807) is 36.5 Å². The zero-order chi connectivity index (χ0) is 18.1. The van der Waals surface area contributed by atoms with Gasteiger partial charge in [-0.1, -0.05) is 12.1 Å². The molecule has 26 heavy (non-hydrogen) atoms. The minimum atomic E-state index is -0.436. The molecule has 0 radical (unpaired) electrons. The molecule has 0 aliphatic carbocycles. The standard InChI is InChI=1S/C16H13N7O3/c1-26-11-5-3-2-4-10(11)23-15-12(19-16(23)25)14(17-8-24)20-13(21-15)9-6-7-18-22-9/h2-8H,1H3,(H,18,22)(H,19,25)(H,17,20,21,24). The highest BCUT2D eigenvalue weighted by molar-refractivity contribution is 5.90. The summed E-state index contributed by atoms with van der Waals surface area (Å²) in [4.78, 5) is 35.0. The van der Waals surface area contributed by atoms with Gasteiger partial charge in [0.2, 0.25) is 6.41 Å². The Morgan fingerprint density at radius 1 is 1.23 bits per heavy atom. The average Bonchev–Trinajstić information content (AvgIpc) is 3.29. The Kier molecular flexibility index (Phi) is 3.69. The lowest BCUT2D eigenvalue weighted by Crippen LogP contribution is -2.15. The molecule has 0 aliphatic rings. The summed E-state index contributed by atoms with van der Waals surface area (Å²) in [5, 5.41) is 9.13. The molecular weight excluding hydrogens is 338 g/mol. The van der Waals surface area contributed by atoms with Gasteiger partial charge in [-0.15, -0.1) is 0 Å². The molecule has 0 unspecified atom stereocenters. The summed E-state index contributed by atoms with van der Waals surface area (Å²) in [5.74, 6) is 0.962. The lowest BCUT2D eigenvalue weighted by atomic mass is 10.3. The second-order valence-corrected chi connectivity index (χ2v) is 5.26. The molecule has 3 heterocycles. The van der Waals surface area contributed by atoms with E-state index in [0.29, 0.717) is 34.7 Å². The zero-order valence-corrected chi connectivity index (χ0v) is 13.6. The summed E-state index contributed by atoms with van der Waals surface area (Å²) in [6.45, 7) is 0. The maximum atomic E-state index is 12.6. The van der Waals surface area contributed by atoms with E-state index in [1.807, 2.05) is 0 Å². The van der Waals surface area contributed by atoms with Crippen LogP contribution < -0.4 is 15.7 Å². The first-order chi connectivity index (χ1) is 12.7. The van der Waals surface area contributed by atoms with Gasteiger partial charge in [0.05, 0.1) is 12.8 Å². The molecule has 1 amide bonds. The van der Waals surface area contributed by atoms with Crippen molar-refractivity contribution in [3.63, 3.8) is 0 Å². The van der Waals surface area contributed by atoms with Gasteiger partial charge in [0, 0.05) is 6.20 Å². The van der Waals surface area contributed by atoms with Crippen LogP contribution in [0.2, 0.25) is 0 Å². The van der Waals surface area contributed by atoms with Gasteiger partial charge in [0.25, 0.3) is 0 Å². The molecule has 0 bridgehead atoms. The Bertz CT molecular complexity index is 1140. The molecule has 0 fully saturated rings. The molecule has 130 valence electrons. The van der Waals surface area contributed by atoms with Crippen molar-refractivity contribution in [3.05, 3.63) is 47.0 Å². The lowest BCUT2D eigenvalue weighted by Gasteiger charge is -2.09. The average molecular weight is 351 g/mol. The minimum absolute atomic E-state index is 0.181. The normalized spacial score (nSPS) is 10.8. The highest BCUT2D eigenvalue weighted by atomic mass is 16.5. The van der Waals surface area contributed by atoms with Gasteiger partial charge >= 0.3 is 5.69 Å². The number of anilines is 1. The third-order valence-corrected chi connectivity index (χ3v) is 3.80. The molecule has 0 saturated carbocycles. The summed E-state index contributed by atoms with van der Waals surface area (Å²) >= 11 is 0. The Balaban J connectivity index is 2.07. The first-order valence-corrected chi connectivity index (χ1v) is 7.59. The van der Waals surface area contributed by atoms with Crippen LogP contribution in [0, 0.1) is 0 Å². The van der Waals surface area contributed by atoms with Crippen LogP contribution in [0.15, 0.2) is 41.3 Å². The molecule has 1 aromatic carbocycles. The van der Waals surface area contributed by atoms with Crippen molar-refractivity contribution in [1.29, 1.82) is 0 Å². The second-order valence-electron chi connectivity index (χ2n) is 5.26. The van der Waals surface area contributed by atoms with E-state index in [9.17, 15) is 9.59 Å². The SMILES string of the molecule is COc1ccccc1-n1c(=O)[nH]c2c(NC=O)nc(-c3ccn[nH]3)nc21. The van der Waals surface area contributed by atoms with Gasteiger partial charge in [-0.25, -0.2) is 19.3 Å². The van der Waals surface area contributed by atoms with E-state index in [1.165, 1.54) is 11.7 Å². The highest BCUT2D eigenvalue weighted by Gasteiger charge is 2.19. The number of carbonyl (C=O) groups excluding carboxylic acids is 1. The number of imidazole rings is 1.